The van der Waals surface area contributed by atoms with Gasteiger partial charge < -0.3 is 19.7 Å². The van der Waals surface area contributed by atoms with Crippen LogP contribution < -0.4 is 10.1 Å². The molecule has 1 unspecified atom stereocenters. The van der Waals surface area contributed by atoms with E-state index in [4.69, 9.17) is 4.74 Å². The van der Waals surface area contributed by atoms with Crippen LogP contribution in [0, 0.1) is 20.8 Å². The number of phenols is 1. The highest BCUT2D eigenvalue weighted by Crippen LogP contribution is 2.43. The number of benzene rings is 1. The van der Waals surface area contributed by atoms with Crippen molar-refractivity contribution in [3.8, 4) is 11.5 Å². The third kappa shape index (κ3) is 2.97. The van der Waals surface area contributed by atoms with Crippen LogP contribution in [0.15, 0.2) is 12.5 Å². The van der Waals surface area contributed by atoms with Gasteiger partial charge in [0.2, 0.25) is 0 Å². The number of amides is 1. The molecule has 4 rings (SSSR count). The molecular formula is C21H27N3O3. The smallest absolute Gasteiger partial charge is 0.264 e. The molecule has 2 heterocycles. The van der Waals surface area contributed by atoms with E-state index in [1.165, 1.54) is 12.8 Å². The lowest BCUT2D eigenvalue weighted by Gasteiger charge is -2.36. The molecule has 1 aliphatic carbocycles. The molecule has 0 radical (unpaired) electrons. The second-order valence-electron chi connectivity index (χ2n) is 8.07. The van der Waals surface area contributed by atoms with Gasteiger partial charge in [-0.3, -0.25) is 4.79 Å². The van der Waals surface area contributed by atoms with Crippen LogP contribution in [0.1, 0.15) is 60.2 Å². The molecule has 144 valence electrons. The maximum atomic E-state index is 13.0. The van der Waals surface area contributed by atoms with Crippen LogP contribution in [0.3, 0.4) is 0 Å². The van der Waals surface area contributed by atoms with Crippen LogP contribution >= 0.6 is 0 Å². The van der Waals surface area contributed by atoms with Crippen molar-refractivity contribution in [2.45, 2.75) is 71.6 Å². The molecule has 1 aromatic heterocycles. The topological polar surface area (TPSA) is 76.4 Å². The van der Waals surface area contributed by atoms with Gasteiger partial charge in [-0.15, -0.1) is 0 Å². The maximum absolute atomic E-state index is 13.0. The summed E-state index contributed by atoms with van der Waals surface area (Å²) in [5.41, 5.74) is 3.68. The van der Waals surface area contributed by atoms with E-state index in [-0.39, 0.29) is 5.91 Å². The molecule has 1 atom stereocenters. The summed E-state index contributed by atoms with van der Waals surface area (Å²) in [6.45, 7) is 8.03. The first-order valence-electron chi connectivity index (χ1n) is 9.61. The quantitative estimate of drug-likeness (QED) is 0.867. The second-order valence-corrected chi connectivity index (χ2v) is 8.07. The highest BCUT2D eigenvalue weighted by atomic mass is 16.5. The molecule has 6 heteroatoms. The molecule has 1 aromatic carbocycles. The Bertz CT molecular complexity index is 914. The Morgan fingerprint density at radius 2 is 2.07 bits per heavy atom. The fraction of sp³-hybridized carbons (Fsp3) is 0.524. The summed E-state index contributed by atoms with van der Waals surface area (Å²) in [6, 6.07) is 0.536. The molecule has 27 heavy (non-hydrogen) atoms. The van der Waals surface area contributed by atoms with E-state index in [0.29, 0.717) is 31.2 Å². The molecule has 0 spiro atoms. The highest BCUT2D eigenvalue weighted by molar-refractivity contribution is 5.85. The summed E-state index contributed by atoms with van der Waals surface area (Å²) in [6.07, 6.45) is 7.31. The molecular weight excluding hydrogens is 342 g/mol. The van der Waals surface area contributed by atoms with Gasteiger partial charge in [0.15, 0.2) is 5.60 Å². The third-order valence-corrected chi connectivity index (χ3v) is 6.12. The van der Waals surface area contributed by atoms with Crippen molar-refractivity contribution in [1.82, 2.24) is 14.9 Å². The van der Waals surface area contributed by atoms with Crippen LogP contribution in [0.25, 0.3) is 0 Å². The van der Waals surface area contributed by atoms with Crippen molar-refractivity contribution in [3.05, 3.63) is 40.5 Å². The van der Waals surface area contributed by atoms with E-state index in [9.17, 15) is 9.90 Å². The Morgan fingerprint density at radius 3 is 2.78 bits per heavy atom. The first kappa shape index (κ1) is 17.9. The van der Waals surface area contributed by atoms with Gasteiger partial charge in [0, 0.05) is 24.2 Å². The zero-order chi connectivity index (χ0) is 19.3. The zero-order valence-corrected chi connectivity index (χ0v) is 16.4. The Balaban J connectivity index is 1.52. The minimum atomic E-state index is -0.919. The lowest BCUT2D eigenvalue weighted by molar-refractivity contribution is -0.137. The molecule has 2 aliphatic rings. The number of hydrogen-bond donors (Lipinski definition) is 2. The minimum absolute atomic E-state index is 0.112. The number of aromatic hydroxyl groups is 1. The van der Waals surface area contributed by atoms with Crippen LogP contribution in [-0.4, -0.2) is 26.2 Å². The number of nitrogens with one attached hydrogen (secondary N) is 1. The summed E-state index contributed by atoms with van der Waals surface area (Å²) >= 11 is 0. The number of rotatable bonds is 4. The summed E-state index contributed by atoms with van der Waals surface area (Å²) in [7, 11) is 0. The van der Waals surface area contributed by atoms with Gasteiger partial charge in [0.05, 0.1) is 18.6 Å². The van der Waals surface area contributed by atoms with Crippen molar-refractivity contribution in [3.63, 3.8) is 0 Å². The monoisotopic (exact) mass is 369 g/mol. The van der Waals surface area contributed by atoms with Crippen LogP contribution in [-0.2, 0) is 17.8 Å². The van der Waals surface area contributed by atoms with Crippen molar-refractivity contribution in [2.24, 2.45) is 0 Å². The predicted molar refractivity (Wildman–Crippen MR) is 102 cm³/mol. The minimum Gasteiger partial charge on any atom is -0.507 e. The Labute approximate surface area is 159 Å². The average Bonchev–Trinajstić information content (AvgIpc) is 3.40. The van der Waals surface area contributed by atoms with Crippen molar-refractivity contribution < 1.29 is 14.6 Å². The van der Waals surface area contributed by atoms with Crippen molar-refractivity contribution >= 4 is 5.91 Å². The number of aromatic nitrogens is 2. The Hall–Kier alpha value is -2.50. The molecule has 0 saturated heterocycles. The molecule has 2 aromatic rings. The van der Waals surface area contributed by atoms with Gasteiger partial charge in [-0.25, -0.2) is 4.98 Å². The van der Waals surface area contributed by atoms with Gasteiger partial charge in [-0.2, -0.15) is 0 Å². The predicted octanol–water partition coefficient (Wildman–Crippen LogP) is 3.25. The van der Waals surface area contributed by atoms with Gasteiger partial charge in [-0.05, 0) is 63.6 Å². The number of phenolic OH excluding ortho intramolecular Hbond substituents is 1. The van der Waals surface area contributed by atoms with E-state index in [0.717, 1.165) is 33.7 Å². The van der Waals surface area contributed by atoms with Crippen LogP contribution in [0.4, 0.5) is 0 Å². The fourth-order valence-electron chi connectivity index (χ4n) is 3.92. The molecule has 2 N–H and O–H groups in total. The molecule has 1 saturated carbocycles. The lowest BCUT2D eigenvalue weighted by Crippen LogP contribution is -2.51. The number of imidazole rings is 1. The summed E-state index contributed by atoms with van der Waals surface area (Å²) in [5.74, 6) is 0.963. The molecule has 1 aliphatic heterocycles. The third-order valence-electron chi connectivity index (χ3n) is 6.12. The second kappa shape index (κ2) is 6.29. The van der Waals surface area contributed by atoms with Gasteiger partial charge in [-0.1, -0.05) is 0 Å². The van der Waals surface area contributed by atoms with Gasteiger partial charge >= 0.3 is 0 Å². The summed E-state index contributed by atoms with van der Waals surface area (Å²) < 4.78 is 8.40. The zero-order valence-electron chi connectivity index (χ0n) is 16.4. The van der Waals surface area contributed by atoms with Crippen LogP contribution in [0.5, 0.6) is 11.5 Å². The summed E-state index contributed by atoms with van der Waals surface area (Å²) in [4.78, 5) is 17.2. The maximum Gasteiger partial charge on any atom is 0.264 e. The molecule has 1 amide bonds. The van der Waals surface area contributed by atoms with Crippen LogP contribution in [0.2, 0.25) is 0 Å². The molecule has 6 nitrogen and oxygen atoms in total. The van der Waals surface area contributed by atoms with Gasteiger partial charge in [0.25, 0.3) is 5.91 Å². The Kier molecular flexibility index (Phi) is 4.17. The van der Waals surface area contributed by atoms with E-state index in [2.05, 4.69) is 14.9 Å². The number of hydrogen-bond acceptors (Lipinski definition) is 4. The van der Waals surface area contributed by atoms with Crippen molar-refractivity contribution in [2.75, 3.05) is 0 Å². The van der Waals surface area contributed by atoms with E-state index in [1.54, 1.807) is 0 Å². The van der Waals surface area contributed by atoms with Crippen molar-refractivity contribution in [1.29, 1.82) is 0 Å². The first-order valence-corrected chi connectivity index (χ1v) is 9.61. The average molecular weight is 369 g/mol. The lowest BCUT2D eigenvalue weighted by atomic mass is 9.86. The number of carbonyl (C=O) groups is 1. The first-order chi connectivity index (χ1) is 12.8. The molecule has 1 fully saturated rings. The SMILES string of the molecule is Cc1c(C)c2c(c(C)c1O)CCC(C)(C(=O)NCc1cncn1C1CC1)O2. The van der Waals surface area contributed by atoms with E-state index >= 15 is 0 Å². The number of ether oxygens (including phenoxy) is 1. The molecule has 0 bridgehead atoms. The van der Waals surface area contributed by atoms with Gasteiger partial charge in [0.1, 0.15) is 11.5 Å². The summed E-state index contributed by atoms with van der Waals surface area (Å²) in [5, 5.41) is 13.3. The van der Waals surface area contributed by atoms with E-state index < -0.39 is 5.60 Å². The standard InChI is InChI=1S/C21H27N3O3/c1-12-13(2)19-17(14(3)18(12)25)7-8-21(4,27-19)20(26)23-10-16-9-22-11-24(16)15-5-6-15/h9,11,15,25H,5-8,10H2,1-4H3,(H,23,26). The number of carbonyl (C=O) groups excluding carboxylic acids is 1. The number of nitrogens with zero attached hydrogens (tertiary/aromatic N) is 2. The number of fused-ring (bicyclic) bond motifs is 1. The highest BCUT2D eigenvalue weighted by Gasteiger charge is 2.40. The largest absolute Gasteiger partial charge is 0.507 e. The fourth-order valence-corrected chi connectivity index (χ4v) is 3.92. The van der Waals surface area contributed by atoms with E-state index in [1.807, 2.05) is 40.2 Å². The Morgan fingerprint density at radius 1 is 1.33 bits per heavy atom. The normalized spacial score (nSPS) is 21.5.